The van der Waals surface area contributed by atoms with Gasteiger partial charge in [0.05, 0.1) is 0 Å². The van der Waals surface area contributed by atoms with Gasteiger partial charge in [-0.15, -0.1) is 11.3 Å². The highest BCUT2D eigenvalue weighted by Gasteiger charge is 2.28. The van der Waals surface area contributed by atoms with Crippen LogP contribution in [0.4, 0.5) is 5.13 Å². The van der Waals surface area contributed by atoms with E-state index in [-0.39, 0.29) is 0 Å². The lowest BCUT2D eigenvalue weighted by molar-refractivity contribution is 0.265. The molecule has 114 valence electrons. The van der Waals surface area contributed by atoms with E-state index in [1.807, 2.05) is 0 Å². The van der Waals surface area contributed by atoms with E-state index in [2.05, 4.69) is 28.9 Å². The molecular weight excluding hydrogens is 296 g/mol. The normalized spacial score (nSPS) is 18.6. The van der Waals surface area contributed by atoms with Crippen LogP contribution in [0.15, 0.2) is 11.6 Å². The average Bonchev–Trinajstić information content (AvgIpc) is 2.89. The molecule has 6 nitrogen and oxygen atoms in total. The van der Waals surface area contributed by atoms with E-state index in [0.717, 1.165) is 19.4 Å². The number of rotatable bonds is 6. The van der Waals surface area contributed by atoms with Gasteiger partial charge in [0.1, 0.15) is 0 Å². The number of anilines is 1. The van der Waals surface area contributed by atoms with Crippen LogP contribution < -0.4 is 10.0 Å². The first-order valence-corrected chi connectivity index (χ1v) is 9.20. The van der Waals surface area contributed by atoms with Crippen molar-refractivity contribution < 1.29 is 8.42 Å². The molecule has 0 saturated carbocycles. The van der Waals surface area contributed by atoms with Crippen molar-refractivity contribution >= 4 is 26.7 Å². The quantitative estimate of drug-likeness (QED) is 0.834. The van der Waals surface area contributed by atoms with Gasteiger partial charge in [0.2, 0.25) is 0 Å². The SMILES string of the molecule is CC(C)NCC1CCN(S(=O)(=O)Nc2nccs2)CC1. The van der Waals surface area contributed by atoms with Crippen molar-refractivity contribution in [2.24, 2.45) is 5.92 Å². The Morgan fingerprint density at radius 3 is 2.70 bits per heavy atom. The molecule has 1 aliphatic rings. The molecule has 2 heterocycles. The molecule has 0 spiro atoms. The fourth-order valence-electron chi connectivity index (χ4n) is 2.20. The van der Waals surface area contributed by atoms with Gasteiger partial charge in [-0.25, -0.2) is 9.71 Å². The Labute approximate surface area is 124 Å². The first-order chi connectivity index (χ1) is 9.47. The minimum atomic E-state index is -3.45. The fourth-order valence-corrected chi connectivity index (χ4v) is 4.18. The smallest absolute Gasteiger partial charge is 0.303 e. The van der Waals surface area contributed by atoms with Crippen molar-refractivity contribution in [1.82, 2.24) is 14.6 Å². The van der Waals surface area contributed by atoms with Gasteiger partial charge in [0.15, 0.2) is 5.13 Å². The van der Waals surface area contributed by atoms with E-state index in [9.17, 15) is 8.42 Å². The van der Waals surface area contributed by atoms with Gasteiger partial charge in [-0.3, -0.25) is 0 Å². The first-order valence-electron chi connectivity index (χ1n) is 6.88. The maximum Gasteiger partial charge on any atom is 0.303 e. The number of piperidine rings is 1. The first kappa shape index (κ1) is 15.7. The molecule has 0 radical (unpaired) electrons. The van der Waals surface area contributed by atoms with Crippen LogP contribution in [0.2, 0.25) is 0 Å². The largest absolute Gasteiger partial charge is 0.314 e. The molecule has 0 aromatic carbocycles. The lowest BCUT2D eigenvalue weighted by atomic mass is 9.98. The minimum Gasteiger partial charge on any atom is -0.314 e. The lowest BCUT2D eigenvalue weighted by Crippen LogP contribution is -2.43. The fraction of sp³-hybridized carbons (Fsp3) is 0.750. The van der Waals surface area contributed by atoms with E-state index in [4.69, 9.17) is 0 Å². The molecule has 0 amide bonds. The highest BCUT2D eigenvalue weighted by Crippen LogP contribution is 2.21. The Bertz CT molecular complexity index is 494. The van der Waals surface area contributed by atoms with Gasteiger partial charge < -0.3 is 5.32 Å². The summed E-state index contributed by atoms with van der Waals surface area (Å²) < 4.78 is 28.4. The van der Waals surface area contributed by atoms with Crippen LogP contribution in [-0.2, 0) is 10.2 Å². The summed E-state index contributed by atoms with van der Waals surface area (Å²) in [6.45, 7) is 6.36. The van der Waals surface area contributed by atoms with E-state index in [1.54, 1.807) is 11.6 Å². The van der Waals surface area contributed by atoms with Crippen molar-refractivity contribution in [3.05, 3.63) is 11.6 Å². The zero-order chi connectivity index (χ0) is 14.6. The molecular formula is C12H22N4O2S2. The summed E-state index contributed by atoms with van der Waals surface area (Å²) in [6.07, 6.45) is 3.39. The van der Waals surface area contributed by atoms with Gasteiger partial charge >= 0.3 is 10.2 Å². The number of nitrogens with zero attached hydrogens (tertiary/aromatic N) is 2. The number of hydrogen-bond acceptors (Lipinski definition) is 5. The van der Waals surface area contributed by atoms with Crippen LogP contribution in [0.25, 0.3) is 0 Å². The Kier molecular flexibility index (Phi) is 5.36. The summed E-state index contributed by atoms with van der Waals surface area (Å²) >= 11 is 1.29. The van der Waals surface area contributed by atoms with Crippen LogP contribution in [0.3, 0.4) is 0 Å². The van der Waals surface area contributed by atoms with Crippen molar-refractivity contribution in [3.63, 3.8) is 0 Å². The maximum absolute atomic E-state index is 12.2. The molecule has 1 saturated heterocycles. The van der Waals surface area contributed by atoms with Gasteiger partial charge in [0.25, 0.3) is 0 Å². The summed E-state index contributed by atoms with van der Waals surface area (Å²) in [5.41, 5.74) is 0. The monoisotopic (exact) mass is 318 g/mol. The van der Waals surface area contributed by atoms with Crippen LogP contribution in [0.5, 0.6) is 0 Å². The van der Waals surface area contributed by atoms with Crippen LogP contribution >= 0.6 is 11.3 Å². The average molecular weight is 318 g/mol. The minimum absolute atomic E-state index is 0.425. The van der Waals surface area contributed by atoms with Crippen molar-refractivity contribution in [3.8, 4) is 0 Å². The number of hydrogen-bond donors (Lipinski definition) is 2. The summed E-state index contributed by atoms with van der Waals surface area (Å²) in [5.74, 6) is 0.559. The standard InChI is InChI=1S/C12H22N4O2S2/c1-10(2)14-9-11-3-6-16(7-4-11)20(17,18)15-12-13-5-8-19-12/h5,8,10-11,14H,3-4,6-7,9H2,1-2H3,(H,13,15). The highest BCUT2D eigenvalue weighted by molar-refractivity contribution is 7.90. The molecule has 2 N–H and O–H groups in total. The lowest BCUT2D eigenvalue weighted by Gasteiger charge is -2.31. The summed E-state index contributed by atoms with van der Waals surface area (Å²) in [5, 5.41) is 5.59. The third kappa shape index (κ3) is 4.41. The number of thiazole rings is 1. The zero-order valence-corrected chi connectivity index (χ0v) is 13.5. The van der Waals surface area contributed by atoms with Gasteiger partial charge in [-0.1, -0.05) is 13.8 Å². The van der Waals surface area contributed by atoms with E-state index in [0.29, 0.717) is 30.2 Å². The van der Waals surface area contributed by atoms with E-state index in [1.165, 1.54) is 15.6 Å². The van der Waals surface area contributed by atoms with E-state index < -0.39 is 10.2 Å². The third-order valence-electron chi connectivity index (χ3n) is 3.38. The highest BCUT2D eigenvalue weighted by atomic mass is 32.2. The van der Waals surface area contributed by atoms with Gasteiger partial charge in [-0.2, -0.15) is 12.7 Å². The van der Waals surface area contributed by atoms with Crippen LogP contribution in [-0.4, -0.2) is 43.4 Å². The zero-order valence-electron chi connectivity index (χ0n) is 11.9. The topological polar surface area (TPSA) is 74.3 Å². The van der Waals surface area contributed by atoms with Crippen molar-refractivity contribution in [2.75, 3.05) is 24.4 Å². The molecule has 20 heavy (non-hydrogen) atoms. The molecule has 8 heteroatoms. The predicted octanol–water partition coefficient (Wildman–Crippen LogP) is 1.51. The molecule has 0 bridgehead atoms. The van der Waals surface area contributed by atoms with Crippen LogP contribution in [0.1, 0.15) is 26.7 Å². The van der Waals surface area contributed by atoms with Crippen molar-refractivity contribution in [2.45, 2.75) is 32.7 Å². The summed E-state index contributed by atoms with van der Waals surface area (Å²) in [7, 11) is -3.45. The number of aromatic nitrogens is 1. The molecule has 1 aromatic rings. The van der Waals surface area contributed by atoms with Crippen molar-refractivity contribution in [1.29, 1.82) is 0 Å². The Morgan fingerprint density at radius 2 is 2.15 bits per heavy atom. The molecule has 0 unspecified atom stereocenters. The van der Waals surface area contributed by atoms with E-state index >= 15 is 0 Å². The molecule has 0 aliphatic carbocycles. The molecule has 1 aliphatic heterocycles. The number of nitrogens with one attached hydrogen (secondary N) is 2. The predicted molar refractivity (Wildman–Crippen MR) is 82.1 cm³/mol. The second-order valence-corrected chi connectivity index (χ2v) is 7.91. The third-order valence-corrected chi connectivity index (χ3v) is 5.69. The molecule has 0 atom stereocenters. The molecule has 1 fully saturated rings. The summed E-state index contributed by atoms with van der Waals surface area (Å²) in [6, 6.07) is 0.475. The van der Waals surface area contributed by atoms with Gasteiger partial charge in [0, 0.05) is 30.7 Å². The molecule has 1 aromatic heterocycles. The Hall–Kier alpha value is -0.700. The Morgan fingerprint density at radius 1 is 1.45 bits per heavy atom. The second kappa shape index (κ2) is 6.84. The second-order valence-electron chi connectivity index (χ2n) is 5.35. The van der Waals surface area contributed by atoms with Gasteiger partial charge in [-0.05, 0) is 25.3 Å². The van der Waals surface area contributed by atoms with Crippen LogP contribution in [0, 0.1) is 5.92 Å². The maximum atomic E-state index is 12.2. The summed E-state index contributed by atoms with van der Waals surface area (Å²) in [4.78, 5) is 3.95. The Balaban J connectivity index is 1.83. The molecule has 2 rings (SSSR count).